The van der Waals surface area contributed by atoms with Gasteiger partial charge in [0.15, 0.2) is 0 Å². The molecule has 1 N–H and O–H groups in total. The highest BCUT2D eigenvalue weighted by molar-refractivity contribution is 5.34. The van der Waals surface area contributed by atoms with Gasteiger partial charge in [-0.15, -0.1) is 0 Å². The molecule has 0 unspecified atom stereocenters. The predicted octanol–water partition coefficient (Wildman–Crippen LogP) is 4.14. The maximum Gasteiger partial charge on any atom is 0.213 e. The van der Waals surface area contributed by atoms with Gasteiger partial charge in [-0.3, -0.25) is 0 Å². The molecule has 0 radical (unpaired) electrons. The first-order valence-electron chi connectivity index (χ1n) is 8.82. The fourth-order valence-corrected chi connectivity index (χ4v) is 2.60. The Bertz CT molecular complexity index is 806. The molecule has 0 bridgehead atoms. The van der Waals surface area contributed by atoms with E-state index >= 15 is 0 Å². The van der Waals surface area contributed by atoms with Gasteiger partial charge in [0, 0.05) is 30.9 Å². The van der Waals surface area contributed by atoms with E-state index in [1.54, 1.807) is 6.20 Å². The summed E-state index contributed by atoms with van der Waals surface area (Å²) >= 11 is 0. The molecular weight excluding hydrogens is 324 g/mol. The Balaban J connectivity index is 1.47. The second-order valence-electron chi connectivity index (χ2n) is 6.02. The van der Waals surface area contributed by atoms with Crippen LogP contribution in [-0.4, -0.2) is 18.1 Å². The van der Waals surface area contributed by atoms with Crippen molar-refractivity contribution in [2.24, 2.45) is 0 Å². The molecule has 134 valence electrons. The lowest BCUT2D eigenvalue weighted by Gasteiger charge is -2.13. The lowest BCUT2D eigenvalue weighted by molar-refractivity contribution is 0.294. The van der Waals surface area contributed by atoms with Crippen LogP contribution in [0.4, 0.5) is 0 Å². The second kappa shape index (κ2) is 9.59. The molecule has 2 aromatic carbocycles. The van der Waals surface area contributed by atoms with Gasteiger partial charge in [0.1, 0.15) is 19.0 Å². The number of nitrogens with one attached hydrogen (secondary N) is 1. The van der Waals surface area contributed by atoms with E-state index in [9.17, 15) is 0 Å². The van der Waals surface area contributed by atoms with Crippen molar-refractivity contribution in [3.63, 3.8) is 0 Å². The van der Waals surface area contributed by atoms with Gasteiger partial charge in [0.25, 0.3) is 0 Å². The molecular formula is C22H24N2O2. The fourth-order valence-electron chi connectivity index (χ4n) is 2.60. The maximum absolute atomic E-state index is 6.05. The van der Waals surface area contributed by atoms with Gasteiger partial charge in [0.05, 0.1) is 0 Å². The standard InChI is InChI=1S/C22H24N2O2/c1-18-8-2-3-10-20(18)17-26-21-11-5-4-9-19(21)16-23-14-15-25-22-12-6-7-13-24-22/h2-13,23H,14-17H2,1H3. The fraction of sp³-hybridized carbons (Fsp3) is 0.227. The van der Waals surface area contributed by atoms with Gasteiger partial charge < -0.3 is 14.8 Å². The van der Waals surface area contributed by atoms with E-state index in [0.29, 0.717) is 19.1 Å². The van der Waals surface area contributed by atoms with Crippen molar-refractivity contribution in [2.45, 2.75) is 20.1 Å². The molecule has 3 rings (SSSR count). The van der Waals surface area contributed by atoms with Crippen molar-refractivity contribution in [3.8, 4) is 11.6 Å². The van der Waals surface area contributed by atoms with Crippen molar-refractivity contribution in [2.75, 3.05) is 13.2 Å². The summed E-state index contributed by atoms with van der Waals surface area (Å²) in [6.45, 7) is 4.72. The van der Waals surface area contributed by atoms with E-state index in [1.165, 1.54) is 11.1 Å². The van der Waals surface area contributed by atoms with E-state index in [2.05, 4.69) is 35.4 Å². The number of aromatic nitrogens is 1. The maximum atomic E-state index is 6.05. The molecule has 4 nitrogen and oxygen atoms in total. The summed E-state index contributed by atoms with van der Waals surface area (Å²) in [4.78, 5) is 4.14. The molecule has 26 heavy (non-hydrogen) atoms. The zero-order valence-electron chi connectivity index (χ0n) is 15.0. The molecule has 0 amide bonds. The molecule has 0 fully saturated rings. The Hall–Kier alpha value is -2.85. The molecule has 1 aromatic heterocycles. The highest BCUT2D eigenvalue weighted by Crippen LogP contribution is 2.20. The largest absolute Gasteiger partial charge is 0.489 e. The van der Waals surface area contributed by atoms with Gasteiger partial charge in [0.2, 0.25) is 5.88 Å². The summed E-state index contributed by atoms with van der Waals surface area (Å²) in [5, 5.41) is 3.39. The summed E-state index contributed by atoms with van der Waals surface area (Å²) in [7, 11) is 0. The minimum atomic E-state index is 0.573. The van der Waals surface area contributed by atoms with Crippen molar-refractivity contribution >= 4 is 0 Å². The normalized spacial score (nSPS) is 10.5. The number of rotatable bonds is 9. The quantitative estimate of drug-likeness (QED) is 0.590. The smallest absolute Gasteiger partial charge is 0.213 e. The first kappa shape index (κ1) is 18.0. The molecule has 0 aliphatic carbocycles. The zero-order chi connectivity index (χ0) is 18.0. The van der Waals surface area contributed by atoms with Crippen molar-refractivity contribution in [1.82, 2.24) is 10.3 Å². The van der Waals surface area contributed by atoms with E-state index in [0.717, 1.165) is 24.4 Å². The molecule has 0 saturated heterocycles. The molecule has 1 heterocycles. The van der Waals surface area contributed by atoms with Crippen LogP contribution >= 0.6 is 0 Å². The summed E-state index contributed by atoms with van der Waals surface area (Å²) in [5.74, 6) is 1.56. The lowest BCUT2D eigenvalue weighted by Crippen LogP contribution is -2.21. The zero-order valence-corrected chi connectivity index (χ0v) is 15.0. The monoisotopic (exact) mass is 348 g/mol. The third kappa shape index (κ3) is 5.33. The van der Waals surface area contributed by atoms with Gasteiger partial charge in [-0.2, -0.15) is 0 Å². The average molecular weight is 348 g/mol. The highest BCUT2D eigenvalue weighted by Gasteiger charge is 2.04. The molecule has 4 heteroatoms. The summed E-state index contributed by atoms with van der Waals surface area (Å²) in [6.07, 6.45) is 1.73. The van der Waals surface area contributed by atoms with Crippen molar-refractivity contribution in [3.05, 3.63) is 89.6 Å². The van der Waals surface area contributed by atoms with Crippen LogP contribution in [0.2, 0.25) is 0 Å². The van der Waals surface area contributed by atoms with Gasteiger partial charge in [-0.1, -0.05) is 48.5 Å². The Morgan fingerprint density at radius 3 is 2.42 bits per heavy atom. The number of aryl methyl sites for hydroxylation is 1. The van der Waals surface area contributed by atoms with Crippen LogP contribution in [0.1, 0.15) is 16.7 Å². The van der Waals surface area contributed by atoms with Crippen LogP contribution in [0.25, 0.3) is 0 Å². The highest BCUT2D eigenvalue weighted by atomic mass is 16.5. The van der Waals surface area contributed by atoms with Crippen LogP contribution in [-0.2, 0) is 13.2 Å². The topological polar surface area (TPSA) is 43.4 Å². The van der Waals surface area contributed by atoms with Crippen LogP contribution in [0, 0.1) is 6.92 Å². The first-order valence-corrected chi connectivity index (χ1v) is 8.82. The van der Waals surface area contributed by atoms with Crippen LogP contribution < -0.4 is 14.8 Å². The summed E-state index contributed by atoms with van der Waals surface area (Å²) in [6, 6.07) is 22.1. The number of pyridine rings is 1. The number of hydrogen-bond acceptors (Lipinski definition) is 4. The van der Waals surface area contributed by atoms with E-state index in [4.69, 9.17) is 9.47 Å². The van der Waals surface area contributed by atoms with Gasteiger partial charge in [-0.05, 0) is 30.2 Å². The third-order valence-corrected chi connectivity index (χ3v) is 4.10. The molecule has 3 aromatic rings. The van der Waals surface area contributed by atoms with Gasteiger partial charge in [-0.25, -0.2) is 4.98 Å². The molecule has 0 aliphatic heterocycles. The number of benzene rings is 2. The Labute approximate surface area is 154 Å². The van der Waals surface area contributed by atoms with Crippen LogP contribution in [0.5, 0.6) is 11.6 Å². The third-order valence-electron chi connectivity index (χ3n) is 4.10. The SMILES string of the molecule is Cc1ccccc1COc1ccccc1CNCCOc1ccccn1. The van der Waals surface area contributed by atoms with E-state index in [1.807, 2.05) is 48.5 Å². The molecule has 0 saturated carbocycles. The van der Waals surface area contributed by atoms with Gasteiger partial charge >= 0.3 is 0 Å². The molecule has 0 aliphatic rings. The minimum absolute atomic E-state index is 0.573. The summed E-state index contributed by atoms with van der Waals surface area (Å²) in [5.41, 5.74) is 3.59. The number of ether oxygens (including phenoxy) is 2. The van der Waals surface area contributed by atoms with Crippen molar-refractivity contribution in [1.29, 1.82) is 0 Å². The Morgan fingerprint density at radius 1 is 0.846 bits per heavy atom. The van der Waals surface area contributed by atoms with Crippen LogP contribution in [0.3, 0.4) is 0 Å². The first-order chi connectivity index (χ1) is 12.8. The van der Waals surface area contributed by atoms with E-state index in [-0.39, 0.29) is 0 Å². The Kier molecular flexibility index (Phi) is 6.62. The average Bonchev–Trinajstić information content (AvgIpc) is 2.69. The van der Waals surface area contributed by atoms with Crippen LogP contribution in [0.15, 0.2) is 72.9 Å². The number of para-hydroxylation sites is 1. The second-order valence-corrected chi connectivity index (χ2v) is 6.02. The van der Waals surface area contributed by atoms with E-state index < -0.39 is 0 Å². The Morgan fingerprint density at radius 2 is 1.62 bits per heavy atom. The summed E-state index contributed by atoms with van der Waals surface area (Å²) < 4.78 is 11.6. The number of nitrogens with zero attached hydrogens (tertiary/aromatic N) is 1. The predicted molar refractivity (Wildman–Crippen MR) is 103 cm³/mol. The lowest BCUT2D eigenvalue weighted by atomic mass is 10.1. The molecule has 0 atom stereocenters. The molecule has 0 spiro atoms. The van der Waals surface area contributed by atoms with Crippen molar-refractivity contribution < 1.29 is 9.47 Å². The number of hydrogen-bond donors (Lipinski definition) is 1. The minimum Gasteiger partial charge on any atom is -0.489 e.